The number of hydrogen-bond acceptors (Lipinski definition) is 5. The van der Waals surface area contributed by atoms with Gasteiger partial charge in [0.2, 0.25) is 0 Å². The maximum Gasteiger partial charge on any atom is 0.153 e. The Balaban J connectivity index is 1.95. The Labute approximate surface area is 116 Å². The van der Waals surface area contributed by atoms with Crippen LogP contribution in [0, 0.1) is 6.92 Å². The SMILES string of the molecule is CSc1c(N)nsc1NCCc1ccccc1C. The molecule has 18 heavy (non-hydrogen) atoms. The number of nitrogen functional groups attached to an aromatic ring is 1. The number of benzene rings is 1. The standard InChI is InChI=1S/C13H17N3S2/c1-9-5-3-4-6-10(9)7-8-15-13-11(17-2)12(14)16-18-13/h3-6,15H,7-8H2,1-2H3,(H2,14,16). The summed E-state index contributed by atoms with van der Waals surface area (Å²) in [5, 5.41) is 4.49. The summed E-state index contributed by atoms with van der Waals surface area (Å²) >= 11 is 3.07. The molecule has 0 bridgehead atoms. The zero-order chi connectivity index (χ0) is 13.0. The molecule has 0 spiro atoms. The summed E-state index contributed by atoms with van der Waals surface area (Å²) in [6.07, 6.45) is 3.03. The number of anilines is 2. The van der Waals surface area contributed by atoms with Crippen LogP contribution < -0.4 is 11.1 Å². The van der Waals surface area contributed by atoms with Gasteiger partial charge in [-0.25, -0.2) is 0 Å². The predicted molar refractivity (Wildman–Crippen MR) is 81.7 cm³/mol. The van der Waals surface area contributed by atoms with Crippen molar-refractivity contribution in [3.8, 4) is 0 Å². The molecule has 0 saturated heterocycles. The average molecular weight is 279 g/mol. The Morgan fingerprint density at radius 3 is 2.89 bits per heavy atom. The second-order valence-electron chi connectivity index (χ2n) is 4.03. The lowest BCUT2D eigenvalue weighted by Crippen LogP contribution is -2.05. The van der Waals surface area contributed by atoms with Crippen LogP contribution in [0.5, 0.6) is 0 Å². The molecule has 0 atom stereocenters. The van der Waals surface area contributed by atoms with E-state index in [0.29, 0.717) is 5.82 Å². The summed E-state index contributed by atoms with van der Waals surface area (Å²) < 4.78 is 4.17. The highest BCUT2D eigenvalue weighted by Crippen LogP contribution is 2.34. The van der Waals surface area contributed by atoms with Crippen molar-refractivity contribution in [2.75, 3.05) is 23.9 Å². The molecule has 5 heteroatoms. The summed E-state index contributed by atoms with van der Waals surface area (Å²) in [6.45, 7) is 3.05. The molecule has 0 aliphatic rings. The monoisotopic (exact) mass is 279 g/mol. The van der Waals surface area contributed by atoms with Crippen molar-refractivity contribution in [2.24, 2.45) is 0 Å². The zero-order valence-electron chi connectivity index (χ0n) is 10.6. The molecule has 0 unspecified atom stereocenters. The largest absolute Gasteiger partial charge is 0.382 e. The van der Waals surface area contributed by atoms with E-state index in [1.165, 1.54) is 22.7 Å². The van der Waals surface area contributed by atoms with Crippen molar-refractivity contribution < 1.29 is 0 Å². The third-order valence-corrected chi connectivity index (χ3v) is 4.59. The normalized spacial score (nSPS) is 10.6. The van der Waals surface area contributed by atoms with Crippen LogP contribution in [-0.4, -0.2) is 17.2 Å². The van der Waals surface area contributed by atoms with Crippen LogP contribution in [0.15, 0.2) is 29.2 Å². The van der Waals surface area contributed by atoms with E-state index in [0.717, 1.165) is 22.9 Å². The van der Waals surface area contributed by atoms with Crippen LogP contribution in [0.4, 0.5) is 10.8 Å². The topological polar surface area (TPSA) is 50.9 Å². The first kappa shape index (κ1) is 13.2. The van der Waals surface area contributed by atoms with Gasteiger partial charge in [0.05, 0.1) is 4.90 Å². The molecule has 0 aliphatic heterocycles. The van der Waals surface area contributed by atoms with Gasteiger partial charge in [0, 0.05) is 6.54 Å². The molecule has 0 amide bonds. The Morgan fingerprint density at radius 1 is 1.39 bits per heavy atom. The summed E-state index contributed by atoms with van der Waals surface area (Å²) in [4.78, 5) is 1.06. The lowest BCUT2D eigenvalue weighted by molar-refractivity contribution is 1.01. The van der Waals surface area contributed by atoms with Crippen molar-refractivity contribution in [2.45, 2.75) is 18.2 Å². The second-order valence-corrected chi connectivity index (χ2v) is 5.62. The summed E-state index contributed by atoms with van der Waals surface area (Å²) in [7, 11) is 0. The minimum Gasteiger partial charge on any atom is -0.382 e. The smallest absolute Gasteiger partial charge is 0.153 e. The summed E-state index contributed by atoms with van der Waals surface area (Å²) in [6, 6.07) is 8.48. The highest BCUT2D eigenvalue weighted by atomic mass is 32.2. The van der Waals surface area contributed by atoms with E-state index in [-0.39, 0.29) is 0 Å². The average Bonchev–Trinajstić information content (AvgIpc) is 2.72. The highest BCUT2D eigenvalue weighted by Gasteiger charge is 2.09. The van der Waals surface area contributed by atoms with Crippen LogP contribution in [0.25, 0.3) is 0 Å². The Hall–Kier alpha value is -1.20. The molecular weight excluding hydrogens is 262 g/mol. The van der Waals surface area contributed by atoms with Gasteiger partial charge in [0.25, 0.3) is 0 Å². The van der Waals surface area contributed by atoms with E-state index in [2.05, 4.69) is 40.9 Å². The molecule has 3 nitrogen and oxygen atoms in total. The minimum atomic E-state index is 0.630. The number of hydrogen-bond donors (Lipinski definition) is 2. The van der Waals surface area contributed by atoms with Gasteiger partial charge >= 0.3 is 0 Å². The molecule has 2 rings (SSSR count). The van der Waals surface area contributed by atoms with E-state index in [1.807, 2.05) is 6.26 Å². The third kappa shape index (κ3) is 2.97. The Bertz CT molecular complexity index is 523. The van der Waals surface area contributed by atoms with Gasteiger partial charge in [0.1, 0.15) is 5.00 Å². The number of rotatable bonds is 5. The van der Waals surface area contributed by atoms with Gasteiger partial charge in [0.15, 0.2) is 5.82 Å². The quantitative estimate of drug-likeness (QED) is 0.824. The fourth-order valence-corrected chi connectivity index (χ4v) is 3.37. The third-order valence-electron chi connectivity index (χ3n) is 2.82. The first-order chi connectivity index (χ1) is 8.72. The van der Waals surface area contributed by atoms with Gasteiger partial charge in [-0.2, -0.15) is 4.37 Å². The van der Waals surface area contributed by atoms with Crippen molar-refractivity contribution in [3.63, 3.8) is 0 Å². The van der Waals surface area contributed by atoms with E-state index >= 15 is 0 Å². The molecule has 0 radical (unpaired) electrons. The molecule has 0 saturated carbocycles. The lowest BCUT2D eigenvalue weighted by atomic mass is 10.1. The minimum absolute atomic E-state index is 0.630. The van der Waals surface area contributed by atoms with Crippen molar-refractivity contribution in [1.82, 2.24) is 4.37 Å². The number of nitrogens with two attached hydrogens (primary N) is 1. The molecule has 0 fully saturated rings. The van der Waals surface area contributed by atoms with E-state index in [1.54, 1.807) is 11.8 Å². The van der Waals surface area contributed by atoms with Gasteiger partial charge in [-0.1, -0.05) is 24.3 Å². The van der Waals surface area contributed by atoms with Crippen molar-refractivity contribution >= 4 is 34.1 Å². The number of nitrogens with zero attached hydrogens (tertiary/aromatic N) is 1. The molecule has 0 aliphatic carbocycles. The fraction of sp³-hybridized carbons (Fsp3) is 0.308. The number of aryl methyl sites for hydroxylation is 1. The van der Waals surface area contributed by atoms with Crippen molar-refractivity contribution in [3.05, 3.63) is 35.4 Å². The molecule has 2 aromatic rings. The zero-order valence-corrected chi connectivity index (χ0v) is 12.2. The highest BCUT2D eigenvalue weighted by molar-refractivity contribution is 7.99. The van der Waals surface area contributed by atoms with E-state index < -0.39 is 0 Å². The van der Waals surface area contributed by atoms with E-state index in [9.17, 15) is 0 Å². The lowest BCUT2D eigenvalue weighted by Gasteiger charge is -2.07. The second kappa shape index (κ2) is 6.11. The van der Waals surface area contributed by atoms with Crippen LogP contribution in [-0.2, 0) is 6.42 Å². The van der Waals surface area contributed by atoms with Gasteiger partial charge in [-0.05, 0) is 42.3 Å². The summed E-state index contributed by atoms with van der Waals surface area (Å²) in [5.41, 5.74) is 8.52. The van der Waals surface area contributed by atoms with Crippen LogP contribution in [0.2, 0.25) is 0 Å². The Kier molecular flexibility index (Phi) is 4.49. The maximum atomic E-state index is 5.80. The van der Waals surface area contributed by atoms with Crippen LogP contribution >= 0.6 is 23.3 Å². The molecule has 1 aromatic carbocycles. The maximum absolute atomic E-state index is 5.80. The molecule has 96 valence electrons. The number of nitrogens with one attached hydrogen (secondary N) is 1. The molecule has 1 aromatic heterocycles. The van der Waals surface area contributed by atoms with Gasteiger partial charge in [-0.3, -0.25) is 0 Å². The first-order valence-corrected chi connectivity index (χ1v) is 7.79. The van der Waals surface area contributed by atoms with Gasteiger partial charge in [-0.15, -0.1) is 11.8 Å². The number of thioether (sulfide) groups is 1. The van der Waals surface area contributed by atoms with Crippen molar-refractivity contribution in [1.29, 1.82) is 0 Å². The fourth-order valence-electron chi connectivity index (χ4n) is 1.81. The number of aromatic nitrogens is 1. The van der Waals surface area contributed by atoms with E-state index in [4.69, 9.17) is 5.73 Å². The molecule has 3 N–H and O–H groups in total. The van der Waals surface area contributed by atoms with Crippen LogP contribution in [0.1, 0.15) is 11.1 Å². The molecular formula is C13H17N3S2. The van der Waals surface area contributed by atoms with Crippen LogP contribution in [0.3, 0.4) is 0 Å². The first-order valence-electron chi connectivity index (χ1n) is 5.80. The summed E-state index contributed by atoms with van der Waals surface area (Å²) in [5.74, 6) is 0.630. The Morgan fingerprint density at radius 2 is 2.17 bits per heavy atom. The van der Waals surface area contributed by atoms with Gasteiger partial charge < -0.3 is 11.1 Å². The predicted octanol–water partition coefficient (Wildman–Crippen LogP) is 3.41. The molecule has 1 heterocycles.